The lowest BCUT2D eigenvalue weighted by atomic mass is 10.1. The first-order chi connectivity index (χ1) is 12.5. The van der Waals surface area contributed by atoms with Crippen molar-refractivity contribution in [3.8, 4) is 0 Å². The van der Waals surface area contributed by atoms with Crippen molar-refractivity contribution < 1.29 is 54.5 Å². The van der Waals surface area contributed by atoms with E-state index >= 15 is 0 Å². The summed E-state index contributed by atoms with van der Waals surface area (Å²) in [5.41, 5.74) is -0.489. The number of halogens is 7. The second-order valence-electron chi connectivity index (χ2n) is 5.56. The van der Waals surface area contributed by atoms with Crippen molar-refractivity contribution in [1.82, 2.24) is 0 Å². The van der Waals surface area contributed by atoms with Crippen LogP contribution in [0.4, 0.5) is 30.7 Å². The summed E-state index contributed by atoms with van der Waals surface area (Å²) in [7, 11) is 0. The molecule has 1 atom stereocenters. The van der Waals surface area contributed by atoms with Crippen molar-refractivity contribution in [2.75, 3.05) is 13.2 Å². The van der Waals surface area contributed by atoms with E-state index in [0.717, 1.165) is 6.92 Å². The van der Waals surface area contributed by atoms with E-state index in [-0.39, 0.29) is 0 Å². The molecular formula is C15H19F7O5S. The van der Waals surface area contributed by atoms with Crippen molar-refractivity contribution in [1.29, 1.82) is 0 Å². The minimum absolute atomic E-state index is 0.489. The Balaban J connectivity index is 5.30. The molecule has 28 heavy (non-hydrogen) atoms. The maximum atomic E-state index is 13.5. The van der Waals surface area contributed by atoms with Crippen LogP contribution in [-0.2, 0) is 23.8 Å². The molecule has 0 aromatic carbocycles. The zero-order valence-electron chi connectivity index (χ0n) is 14.9. The molecule has 0 N–H and O–H groups in total. The fourth-order valence-electron chi connectivity index (χ4n) is 1.64. The van der Waals surface area contributed by atoms with Crippen LogP contribution in [0.1, 0.15) is 33.1 Å². The Kier molecular flexibility index (Phi) is 9.28. The lowest BCUT2D eigenvalue weighted by Crippen LogP contribution is -2.58. The van der Waals surface area contributed by atoms with Gasteiger partial charge in [-0.3, -0.25) is 0 Å². The number of thiol groups is 1. The summed E-state index contributed by atoms with van der Waals surface area (Å²) < 4.78 is 104. The maximum absolute atomic E-state index is 13.5. The molecule has 5 nitrogen and oxygen atoms in total. The minimum atomic E-state index is -5.59. The third-order valence-electron chi connectivity index (χ3n) is 3.13. The fraction of sp³-hybridized carbons (Fsp3) is 0.733. The summed E-state index contributed by atoms with van der Waals surface area (Å²) >= 11 is 2.46. The van der Waals surface area contributed by atoms with Gasteiger partial charge < -0.3 is 14.2 Å². The summed E-state index contributed by atoms with van der Waals surface area (Å²) in [6.45, 7) is 3.71. The first kappa shape index (κ1) is 26.5. The first-order valence-electron chi connectivity index (χ1n) is 7.76. The van der Waals surface area contributed by atoms with Crippen LogP contribution in [0.5, 0.6) is 0 Å². The Hall–Kier alpha value is -1.50. The third kappa shape index (κ3) is 6.83. The quantitative estimate of drug-likeness (QED) is 0.129. The number of carbonyl (C=O) groups is 2. The molecule has 0 aliphatic heterocycles. The average molecular weight is 444 g/mol. The zero-order valence-corrected chi connectivity index (χ0v) is 15.8. The smallest absolute Gasteiger partial charge is 0.461 e. The molecule has 0 amide bonds. The number of ether oxygens (including phenoxy) is 3. The SMILES string of the molecule is C=C(C)C(=O)OC(OCCCCC(F)(F)C(F)(F)S)(C(=O)OCC)C(F)(F)F. The standard InChI is InChI=1S/C15H19F7O5S/c1-4-25-11(24)13(14(18,19)20,27-10(23)9(2)3)26-8-6-5-7-12(16,17)15(21,22)28/h28H,2,4-8H2,1,3H3. The summed E-state index contributed by atoms with van der Waals surface area (Å²) in [6, 6.07) is 0. The third-order valence-corrected chi connectivity index (χ3v) is 3.46. The molecule has 0 aliphatic rings. The molecule has 13 heteroatoms. The van der Waals surface area contributed by atoms with E-state index in [0.29, 0.717) is 0 Å². The van der Waals surface area contributed by atoms with E-state index in [1.807, 2.05) is 0 Å². The van der Waals surface area contributed by atoms with Gasteiger partial charge in [0.2, 0.25) is 0 Å². The summed E-state index contributed by atoms with van der Waals surface area (Å²) in [5, 5.41) is -4.62. The highest BCUT2D eigenvalue weighted by molar-refractivity contribution is 7.81. The average Bonchev–Trinajstić information content (AvgIpc) is 2.50. The molecular weight excluding hydrogens is 425 g/mol. The van der Waals surface area contributed by atoms with Gasteiger partial charge in [0.25, 0.3) is 0 Å². The number of carbonyl (C=O) groups excluding carboxylic acids is 2. The molecule has 0 saturated carbocycles. The van der Waals surface area contributed by atoms with Crippen molar-refractivity contribution in [2.24, 2.45) is 0 Å². The summed E-state index contributed by atoms with van der Waals surface area (Å²) in [4.78, 5) is 23.4. The van der Waals surface area contributed by atoms with Gasteiger partial charge in [0, 0.05) is 12.0 Å². The maximum Gasteiger partial charge on any atom is 0.468 e. The molecule has 0 heterocycles. The largest absolute Gasteiger partial charge is 0.468 e. The van der Waals surface area contributed by atoms with Gasteiger partial charge in [-0.05, 0) is 26.7 Å². The number of rotatable bonds is 11. The van der Waals surface area contributed by atoms with Gasteiger partial charge >= 0.3 is 35.1 Å². The second kappa shape index (κ2) is 9.81. The van der Waals surface area contributed by atoms with Crippen molar-refractivity contribution in [3.63, 3.8) is 0 Å². The van der Waals surface area contributed by atoms with Gasteiger partial charge in [-0.1, -0.05) is 19.2 Å². The Morgan fingerprint density at radius 1 is 1.04 bits per heavy atom. The molecule has 0 aliphatic carbocycles. The highest BCUT2D eigenvalue weighted by Gasteiger charge is 2.67. The van der Waals surface area contributed by atoms with E-state index in [9.17, 15) is 40.3 Å². The highest BCUT2D eigenvalue weighted by atomic mass is 32.1. The van der Waals surface area contributed by atoms with Crippen LogP contribution in [-0.4, -0.2) is 48.3 Å². The Morgan fingerprint density at radius 2 is 1.57 bits per heavy atom. The molecule has 1 unspecified atom stereocenters. The number of unbranched alkanes of at least 4 members (excludes halogenated alkanes) is 1. The first-order valence-corrected chi connectivity index (χ1v) is 8.21. The van der Waals surface area contributed by atoms with Gasteiger partial charge in [-0.25, -0.2) is 9.59 Å². The normalized spacial score (nSPS) is 14.9. The number of esters is 2. The summed E-state index contributed by atoms with van der Waals surface area (Å²) in [5.74, 6) is -12.4. The van der Waals surface area contributed by atoms with Gasteiger partial charge in [0.15, 0.2) is 0 Å². The van der Waals surface area contributed by atoms with Crippen LogP contribution in [0.15, 0.2) is 12.2 Å². The monoisotopic (exact) mass is 444 g/mol. The molecule has 0 spiro atoms. The number of alkyl halides is 7. The van der Waals surface area contributed by atoms with Crippen LogP contribution in [0.25, 0.3) is 0 Å². The lowest BCUT2D eigenvalue weighted by Gasteiger charge is -2.32. The lowest BCUT2D eigenvalue weighted by molar-refractivity contribution is -0.354. The van der Waals surface area contributed by atoms with E-state index in [4.69, 9.17) is 0 Å². The van der Waals surface area contributed by atoms with Gasteiger partial charge in [0.05, 0.1) is 13.2 Å². The van der Waals surface area contributed by atoms with E-state index in [2.05, 4.69) is 33.4 Å². The molecule has 0 aromatic rings. The molecule has 0 bridgehead atoms. The number of hydrogen-bond acceptors (Lipinski definition) is 6. The van der Waals surface area contributed by atoms with Gasteiger partial charge in [-0.15, -0.1) is 0 Å². The molecule has 0 fully saturated rings. The van der Waals surface area contributed by atoms with Crippen LogP contribution in [0.3, 0.4) is 0 Å². The van der Waals surface area contributed by atoms with Crippen molar-refractivity contribution in [2.45, 2.75) is 56.3 Å². The number of hydrogen-bond donors (Lipinski definition) is 1. The summed E-state index contributed by atoms with van der Waals surface area (Å²) in [6.07, 6.45) is -8.29. The van der Waals surface area contributed by atoms with E-state index in [1.165, 1.54) is 6.92 Å². The molecule has 0 radical (unpaired) electrons. The molecule has 0 saturated heterocycles. The van der Waals surface area contributed by atoms with Crippen molar-refractivity contribution in [3.05, 3.63) is 12.2 Å². The predicted octanol–water partition coefficient (Wildman–Crippen LogP) is 4.27. The Labute approximate surface area is 161 Å². The highest BCUT2D eigenvalue weighted by Crippen LogP contribution is 2.41. The van der Waals surface area contributed by atoms with E-state index in [1.54, 1.807) is 0 Å². The zero-order chi connectivity index (χ0) is 22.4. The van der Waals surface area contributed by atoms with Crippen LogP contribution >= 0.6 is 12.6 Å². The van der Waals surface area contributed by atoms with Gasteiger partial charge in [0.1, 0.15) is 0 Å². The topological polar surface area (TPSA) is 61.8 Å². The molecule has 0 aromatic heterocycles. The molecule has 0 rings (SSSR count). The Morgan fingerprint density at radius 3 is 1.96 bits per heavy atom. The predicted molar refractivity (Wildman–Crippen MR) is 85.0 cm³/mol. The van der Waals surface area contributed by atoms with E-state index < -0.39 is 73.1 Å². The second-order valence-corrected chi connectivity index (χ2v) is 6.12. The molecule has 164 valence electrons. The Bertz CT molecular complexity index is 574. The fourth-order valence-corrected chi connectivity index (χ4v) is 1.76. The van der Waals surface area contributed by atoms with Crippen LogP contribution < -0.4 is 0 Å². The minimum Gasteiger partial charge on any atom is -0.461 e. The van der Waals surface area contributed by atoms with Gasteiger partial charge in [-0.2, -0.15) is 30.7 Å². The van der Waals surface area contributed by atoms with Crippen molar-refractivity contribution >= 4 is 24.6 Å². The van der Waals surface area contributed by atoms with Crippen LogP contribution in [0, 0.1) is 0 Å². The van der Waals surface area contributed by atoms with Crippen LogP contribution in [0.2, 0.25) is 0 Å².